The summed E-state index contributed by atoms with van der Waals surface area (Å²) in [4.78, 5) is 4.25. The zero-order chi connectivity index (χ0) is 23.2. The van der Waals surface area contributed by atoms with Gasteiger partial charge in [-0.2, -0.15) is 0 Å². The molecule has 0 fully saturated rings. The molecule has 2 aliphatic heterocycles. The molecule has 4 heteroatoms. The lowest BCUT2D eigenvalue weighted by Gasteiger charge is -2.17. The highest BCUT2D eigenvalue weighted by molar-refractivity contribution is 5.91. The minimum Gasteiger partial charge on any atom is -0.465 e. The van der Waals surface area contributed by atoms with Crippen molar-refractivity contribution in [3.05, 3.63) is 109 Å². The molecular weight excluding hydrogens is 420 g/mol. The number of allylic oxidation sites excluding steroid dienone is 4. The van der Waals surface area contributed by atoms with Crippen molar-refractivity contribution in [3.8, 4) is 11.5 Å². The smallest absolute Gasteiger partial charge is 0.200 e. The minimum absolute atomic E-state index is 0.134. The number of nitrogens with zero attached hydrogens (tertiary/aromatic N) is 2. The molecule has 4 nitrogen and oxygen atoms in total. The standard InChI is InChI=1S/C30H26N2O2/c1-20(12-14-29-31(2)25-16-21-8-4-6-10-23(21)18-27(25)33-29)13-15-30-32(3)26-17-22-9-5-7-11-24(22)19-28(26)34-30/h4-19,29H,1-3H3/b14-12+,20-13+,30-15+. The third kappa shape index (κ3) is 3.48. The van der Waals surface area contributed by atoms with Crippen LogP contribution in [0.2, 0.25) is 0 Å². The topological polar surface area (TPSA) is 24.9 Å². The van der Waals surface area contributed by atoms with Crippen LogP contribution in [0.4, 0.5) is 11.4 Å². The normalized spacial score (nSPS) is 18.6. The second-order valence-corrected chi connectivity index (χ2v) is 8.89. The molecule has 6 rings (SSSR count). The van der Waals surface area contributed by atoms with Crippen molar-refractivity contribution in [1.82, 2.24) is 0 Å². The van der Waals surface area contributed by atoms with Gasteiger partial charge in [-0.15, -0.1) is 0 Å². The lowest BCUT2D eigenvalue weighted by molar-refractivity contribution is 0.280. The quantitative estimate of drug-likeness (QED) is 0.316. The molecule has 0 bridgehead atoms. The summed E-state index contributed by atoms with van der Waals surface area (Å²) in [6.45, 7) is 2.08. The molecule has 2 heterocycles. The van der Waals surface area contributed by atoms with E-state index in [0.717, 1.165) is 34.3 Å². The summed E-state index contributed by atoms with van der Waals surface area (Å²) in [7, 11) is 4.10. The molecule has 0 amide bonds. The van der Waals surface area contributed by atoms with E-state index < -0.39 is 0 Å². The molecule has 34 heavy (non-hydrogen) atoms. The summed E-state index contributed by atoms with van der Waals surface area (Å²) < 4.78 is 12.4. The number of ether oxygens (including phenoxy) is 2. The zero-order valence-corrected chi connectivity index (χ0v) is 19.5. The maximum Gasteiger partial charge on any atom is 0.200 e. The lowest BCUT2D eigenvalue weighted by atomic mass is 10.1. The Bertz CT molecular complexity index is 1520. The van der Waals surface area contributed by atoms with E-state index in [4.69, 9.17) is 9.47 Å². The monoisotopic (exact) mass is 446 g/mol. The fourth-order valence-corrected chi connectivity index (χ4v) is 4.58. The van der Waals surface area contributed by atoms with Crippen molar-refractivity contribution in [2.45, 2.75) is 13.2 Å². The molecular formula is C30H26N2O2. The Kier molecular flexibility index (Phi) is 4.80. The first kappa shape index (κ1) is 20.4. The molecule has 4 aromatic rings. The fraction of sp³-hybridized carbons (Fsp3) is 0.133. The number of anilines is 2. The van der Waals surface area contributed by atoms with Gasteiger partial charge in [0.15, 0.2) is 17.9 Å². The average molecular weight is 447 g/mol. The van der Waals surface area contributed by atoms with E-state index in [-0.39, 0.29) is 6.23 Å². The molecule has 0 radical (unpaired) electrons. The van der Waals surface area contributed by atoms with Crippen LogP contribution in [0.15, 0.2) is 109 Å². The number of likely N-dealkylation sites (N-methyl/N-ethyl adjacent to an activating group) is 1. The third-order valence-electron chi connectivity index (χ3n) is 6.58. The van der Waals surface area contributed by atoms with Gasteiger partial charge < -0.3 is 19.3 Å². The van der Waals surface area contributed by atoms with Crippen molar-refractivity contribution in [3.63, 3.8) is 0 Å². The summed E-state index contributed by atoms with van der Waals surface area (Å²) in [5.74, 6) is 2.62. The summed E-state index contributed by atoms with van der Waals surface area (Å²) in [6.07, 6.45) is 8.15. The Morgan fingerprint density at radius 1 is 0.794 bits per heavy atom. The predicted octanol–water partition coefficient (Wildman–Crippen LogP) is 7.02. The van der Waals surface area contributed by atoms with Gasteiger partial charge in [-0.3, -0.25) is 0 Å². The Morgan fingerprint density at radius 2 is 1.38 bits per heavy atom. The van der Waals surface area contributed by atoms with Gasteiger partial charge >= 0.3 is 0 Å². The summed E-state index contributed by atoms with van der Waals surface area (Å²) in [6, 6.07) is 25.3. The summed E-state index contributed by atoms with van der Waals surface area (Å²) >= 11 is 0. The van der Waals surface area contributed by atoms with E-state index in [9.17, 15) is 0 Å². The lowest BCUT2D eigenvalue weighted by Crippen LogP contribution is -2.28. The van der Waals surface area contributed by atoms with Gasteiger partial charge in [-0.25, -0.2) is 0 Å². The highest BCUT2D eigenvalue weighted by atomic mass is 16.5. The molecule has 0 spiro atoms. The van der Waals surface area contributed by atoms with Crippen LogP contribution in [0.25, 0.3) is 21.5 Å². The molecule has 1 atom stereocenters. The number of hydrogen-bond acceptors (Lipinski definition) is 4. The van der Waals surface area contributed by atoms with Crippen LogP contribution < -0.4 is 19.3 Å². The molecule has 0 aliphatic carbocycles. The van der Waals surface area contributed by atoms with E-state index in [1.54, 1.807) is 0 Å². The van der Waals surface area contributed by atoms with Crippen LogP contribution in [0, 0.1) is 0 Å². The first-order valence-corrected chi connectivity index (χ1v) is 11.5. The first-order valence-electron chi connectivity index (χ1n) is 11.5. The maximum atomic E-state index is 6.22. The highest BCUT2D eigenvalue weighted by Crippen LogP contribution is 2.41. The summed E-state index contributed by atoms with van der Waals surface area (Å²) in [5, 5.41) is 4.80. The molecule has 0 saturated heterocycles. The fourth-order valence-electron chi connectivity index (χ4n) is 4.58. The Balaban J connectivity index is 1.19. The second kappa shape index (κ2) is 7.99. The molecule has 0 saturated carbocycles. The van der Waals surface area contributed by atoms with Crippen molar-refractivity contribution in [2.24, 2.45) is 0 Å². The second-order valence-electron chi connectivity index (χ2n) is 8.89. The SMILES string of the molecule is CC(/C=C/C1Oc2cc3ccccc3cc2N1C)=C\C=C1\Oc2cc3ccccc3cc2N1C. The average Bonchev–Trinajstić information content (AvgIpc) is 3.33. The van der Waals surface area contributed by atoms with Gasteiger partial charge in [0, 0.05) is 14.1 Å². The maximum absolute atomic E-state index is 6.22. The van der Waals surface area contributed by atoms with E-state index >= 15 is 0 Å². The van der Waals surface area contributed by atoms with E-state index in [0.29, 0.717) is 0 Å². The van der Waals surface area contributed by atoms with Crippen molar-refractivity contribution in [2.75, 3.05) is 23.9 Å². The molecule has 0 N–H and O–H groups in total. The van der Waals surface area contributed by atoms with Crippen LogP contribution in [0.1, 0.15) is 6.92 Å². The number of benzene rings is 4. The van der Waals surface area contributed by atoms with Crippen LogP contribution in [0.3, 0.4) is 0 Å². The molecule has 0 aromatic heterocycles. The minimum atomic E-state index is -0.134. The van der Waals surface area contributed by atoms with Gasteiger partial charge in [-0.1, -0.05) is 66.3 Å². The van der Waals surface area contributed by atoms with E-state index in [2.05, 4.69) is 115 Å². The van der Waals surface area contributed by atoms with Gasteiger partial charge in [0.05, 0.1) is 11.4 Å². The van der Waals surface area contributed by atoms with Crippen LogP contribution >= 0.6 is 0 Å². The van der Waals surface area contributed by atoms with Crippen LogP contribution in [-0.4, -0.2) is 20.3 Å². The van der Waals surface area contributed by atoms with Gasteiger partial charge in [-0.05, 0) is 64.9 Å². The van der Waals surface area contributed by atoms with Crippen molar-refractivity contribution < 1.29 is 9.47 Å². The molecule has 4 aromatic carbocycles. The Hall–Kier alpha value is -4.18. The zero-order valence-electron chi connectivity index (χ0n) is 19.5. The highest BCUT2D eigenvalue weighted by Gasteiger charge is 2.26. The number of hydrogen-bond donors (Lipinski definition) is 0. The largest absolute Gasteiger partial charge is 0.465 e. The molecule has 168 valence electrons. The predicted molar refractivity (Wildman–Crippen MR) is 141 cm³/mol. The van der Waals surface area contributed by atoms with Gasteiger partial charge in [0.2, 0.25) is 0 Å². The third-order valence-corrected chi connectivity index (χ3v) is 6.58. The number of fused-ring (bicyclic) bond motifs is 4. The van der Waals surface area contributed by atoms with Gasteiger partial charge in [0.25, 0.3) is 0 Å². The van der Waals surface area contributed by atoms with E-state index in [1.807, 2.05) is 13.1 Å². The van der Waals surface area contributed by atoms with Crippen LogP contribution in [0.5, 0.6) is 11.5 Å². The Labute approximate surface area is 199 Å². The Morgan fingerprint density at radius 3 is 2.06 bits per heavy atom. The molecule has 2 aliphatic rings. The van der Waals surface area contributed by atoms with Crippen LogP contribution in [-0.2, 0) is 0 Å². The summed E-state index contributed by atoms with van der Waals surface area (Å²) in [5.41, 5.74) is 3.31. The first-order chi connectivity index (χ1) is 16.6. The number of rotatable bonds is 3. The van der Waals surface area contributed by atoms with Crippen molar-refractivity contribution in [1.29, 1.82) is 0 Å². The van der Waals surface area contributed by atoms with E-state index in [1.165, 1.54) is 21.5 Å². The van der Waals surface area contributed by atoms with Gasteiger partial charge in [0.1, 0.15) is 5.75 Å². The van der Waals surface area contributed by atoms with Crippen molar-refractivity contribution >= 4 is 32.9 Å². The molecule has 1 unspecified atom stereocenters.